The van der Waals surface area contributed by atoms with E-state index in [2.05, 4.69) is 16.4 Å². The number of thioether (sulfide) groups is 1. The zero-order chi connectivity index (χ0) is 18.6. The Bertz CT molecular complexity index is 838. The molecule has 1 aromatic carbocycles. The van der Waals surface area contributed by atoms with E-state index in [9.17, 15) is 10.1 Å². The van der Waals surface area contributed by atoms with Gasteiger partial charge in [-0.3, -0.25) is 4.79 Å². The number of carbonyl (C=O) groups excluding carboxylic acids is 1. The maximum atomic E-state index is 12.0. The second kappa shape index (κ2) is 7.62. The molecular formula is C18H21N3O3S. The first kappa shape index (κ1) is 18.9. The maximum Gasteiger partial charge on any atom is 0.230 e. The standard InChI is InChI=1S/C18H21N3O3S/c1-18(2,3)21-16(22)10-25-17-12(9-19)6-11-7-14(23-4)15(24-5)8-13(11)20-17/h6-8H,10H2,1-5H3,(H,21,22). The molecule has 7 heteroatoms. The molecule has 0 atom stereocenters. The smallest absolute Gasteiger partial charge is 0.230 e. The molecule has 1 aromatic heterocycles. The van der Waals surface area contributed by atoms with Crippen molar-refractivity contribution in [3.63, 3.8) is 0 Å². The molecule has 2 aromatic rings. The van der Waals surface area contributed by atoms with Gasteiger partial charge in [0.2, 0.25) is 5.91 Å². The highest BCUT2D eigenvalue weighted by atomic mass is 32.2. The van der Waals surface area contributed by atoms with Gasteiger partial charge in [-0.1, -0.05) is 11.8 Å². The summed E-state index contributed by atoms with van der Waals surface area (Å²) in [6.07, 6.45) is 0. The second-order valence-corrected chi connectivity index (χ2v) is 7.40. The Morgan fingerprint density at radius 2 is 1.88 bits per heavy atom. The van der Waals surface area contributed by atoms with Gasteiger partial charge in [-0.25, -0.2) is 4.98 Å². The molecule has 0 unspecified atom stereocenters. The van der Waals surface area contributed by atoms with Crippen LogP contribution in [0.4, 0.5) is 0 Å². The van der Waals surface area contributed by atoms with Crippen LogP contribution in [0.1, 0.15) is 26.3 Å². The largest absolute Gasteiger partial charge is 0.493 e. The molecule has 0 aliphatic carbocycles. The van der Waals surface area contributed by atoms with Crippen LogP contribution in [0.15, 0.2) is 23.2 Å². The molecule has 0 saturated heterocycles. The Balaban J connectivity index is 2.33. The van der Waals surface area contributed by atoms with Crippen LogP contribution in [0.5, 0.6) is 11.5 Å². The zero-order valence-corrected chi connectivity index (χ0v) is 15.8. The maximum absolute atomic E-state index is 12.0. The van der Waals surface area contributed by atoms with Gasteiger partial charge in [0, 0.05) is 17.0 Å². The van der Waals surface area contributed by atoms with Crippen LogP contribution in [-0.2, 0) is 4.79 Å². The highest BCUT2D eigenvalue weighted by molar-refractivity contribution is 8.00. The first-order chi connectivity index (χ1) is 11.8. The number of benzene rings is 1. The van der Waals surface area contributed by atoms with Crippen molar-refractivity contribution in [3.8, 4) is 17.6 Å². The van der Waals surface area contributed by atoms with E-state index >= 15 is 0 Å². The molecule has 1 heterocycles. The fraction of sp³-hybridized carbons (Fsp3) is 0.389. The summed E-state index contributed by atoms with van der Waals surface area (Å²) in [6, 6.07) is 7.42. The number of ether oxygens (including phenoxy) is 2. The predicted molar refractivity (Wildman–Crippen MR) is 98.2 cm³/mol. The molecule has 0 spiro atoms. The molecule has 0 bridgehead atoms. The fourth-order valence-corrected chi connectivity index (χ4v) is 3.02. The van der Waals surface area contributed by atoms with E-state index in [-0.39, 0.29) is 17.2 Å². The highest BCUT2D eigenvalue weighted by Crippen LogP contribution is 2.33. The Hall–Kier alpha value is -2.46. The Kier molecular flexibility index (Phi) is 5.75. The molecule has 1 N–H and O–H groups in total. The van der Waals surface area contributed by atoms with Gasteiger partial charge in [0.25, 0.3) is 0 Å². The zero-order valence-electron chi connectivity index (χ0n) is 15.0. The molecule has 2 rings (SSSR count). The van der Waals surface area contributed by atoms with Crippen LogP contribution in [0, 0.1) is 11.3 Å². The Morgan fingerprint density at radius 3 is 2.44 bits per heavy atom. The van der Waals surface area contributed by atoms with E-state index in [1.165, 1.54) is 11.8 Å². The van der Waals surface area contributed by atoms with Gasteiger partial charge in [0.15, 0.2) is 11.5 Å². The summed E-state index contributed by atoms with van der Waals surface area (Å²) in [6.45, 7) is 5.76. The average Bonchev–Trinajstić information content (AvgIpc) is 2.56. The van der Waals surface area contributed by atoms with Gasteiger partial charge in [-0.05, 0) is 32.9 Å². The number of hydrogen-bond acceptors (Lipinski definition) is 6. The summed E-state index contributed by atoms with van der Waals surface area (Å²) in [4.78, 5) is 16.5. The number of nitrogens with one attached hydrogen (secondary N) is 1. The summed E-state index contributed by atoms with van der Waals surface area (Å²) in [5.74, 6) is 1.23. The number of hydrogen-bond donors (Lipinski definition) is 1. The molecule has 0 aliphatic rings. The summed E-state index contributed by atoms with van der Waals surface area (Å²) >= 11 is 1.24. The van der Waals surface area contributed by atoms with Crippen molar-refractivity contribution in [2.75, 3.05) is 20.0 Å². The van der Waals surface area contributed by atoms with Crippen LogP contribution < -0.4 is 14.8 Å². The second-order valence-electron chi connectivity index (χ2n) is 6.44. The van der Waals surface area contributed by atoms with Crippen LogP contribution in [0.2, 0.25) is 0 Å². The summed E-state index contributed by atoms with van der Waals surface area (Å²) in [5, 5.41) is 13.6. The van der Waals surface area contributed by atoms with Gasteiger partial charge in [-0.2, -0.15) is 5.26 Å². The highest BCUT2D eigenvalue weighted by Gasteiger charge is 2.16. The van der Waals surface area contributed by atoms with E-state index in [4.69, 9.17) is 9.47 Å². The van der Waals surface area contributed by atoms with E-state index in [0.717, 1.165) is 5.39 Å². The lowest BCUT2D eigenvalue weighted by molar-refractivity contribution is -0.119. The van der Waals surface area contributed by atoms with Crippen LogP contribution in [-0.4, -0.2) is 36.4 Å². The number of carbonyl (C=O) groups is 1. The lowest BCUT2D eigenvalue weighted by atomic mass is 10.1. The van der Waals surface area contributed by atoms with Crippen molar-refractivity contribution in [2.24, 2.45) is 0 Å². The van der Waals surface area contributed by atoms with Gasteiger partial charge < -0.3 is 14.8 Å². The predicted octanol–water partition coefficient (Wildman–Crippen LogP) is 3.13. The van der Waals surface area contributed by atoms with Crippen molar-refractivity contribution < 1.29 is 14.3 Å². The molecule has 25 heavy (non-hydrogen) atoms. The molecule has 1 amide bonds. The molecule has 0 fully saturated rings. The molecule has 0 radical (unpaired) electrons. The van der Waals surface area contributed by atoms with Crippen molar-refractivity contribution in [3.05, 3.63) is 23.8 Å². The first-order valence-corrected chi connectivity index (χ1v) is 8.66. The van der Waals surface area contributed by atoms with E-state index in [0.29, 0.717) is 27.6 Å². The van der Waals surface area contributed by atoms with Crippen LogP contribution in [0.25, 0.3) is 10.9 Å². The number of amides is 1. The van der Waals surface area contributed by atoms with Gasteiger partial charge >= 0.3 is 0 Å². The number of rotatable bonds is 5. The third-order valence-corrected chi connectivity index (χ3v) is 4.25. The summed E-state index contributed by atoms with van der Waals surface area (Å²) in [7, 11) is 3.11. The van der Waals surface area contributed by atoms with Crippen molar-refractivity contribution >= 4 is 28.6 Å². The minimum atomic E-state index is -0.295. The number of fused-ring (bicyclic) bond motifs is 1. The number of nitriles is 1. The Morgan fingerprint density at radius 1 is 1.24 bits per heavy atom. The van der Waals surface area contributed by atoms with Crippen molar-refractivity contribution in [1.29, 1.82) is 5.26 Å². The molecule has 0 aliphatic heterocycles. The third kappa shape index (κ3) is 4.77. The molecule has 0 saturated carbocycles. The topological polar surface area (TPSA) is 84.2 Å². The van der Waals surface area contributed by atoms with Gasteiger partial charge in [0.05, 0.1) is 31.1 Å². The Labute approximate surface area is 151 Å². The monoisotopic (exact) mass is 359 g/mol. The van der Waals surface area contributed by atoms with E-state index in [1.807, 2.05) is 20.8 Å². The quantitative estimate of drug-likeness (QED) is 0.826. The van der Waals surface area contributed by atoms with Crippen LogP contribution in [0.3, 0.4) is 0 Å². The number of pyridine rings is 1. The van der Waals surface area contributed by atoms with E-state index < -0.39 is 0 Å². The SMILES string of the molecule is COc1cc2cc(C#N)c(SCC(=O)NC(C)(C)C)nc2cc1OC. The van der Waals surface area contributed by atoms with Gasteiger partial charge in [0.1, 0.15) is 11.1 Å². The number of methoxy groups -OCH3 is 2. The molecule has 6 nitrogen and oxygen atoms in total. The minimum absolute atomic E-state index is 0.101. The molecular weight excluding hydrogens is 338 g/mol. The van der Waals surface area contributed by atoms with Crippen LogP contribution >= 0.6 is 11.8 Å². The average molecular weight is 359 g/mol. The normalized spacial score (nSPS) is 11.0. The summed E-state index contributed by atoms with van der Waals surface area (Å²) in [5.41, 5.74) is 0.805. The minimum Gasteiger partial charge on any atom is -0.493 e. The lowest BCUT2D eigenvalue weighted by Crippen LogP contribution is -2.41. The summed E-state index contributed by atoms with van der Waals surface area (Å²) < 4.78 is 10.6. The third-order valence-electron chi connectivity index (χ3n) is 3.26. The van der Waals surface area contributed by atoms with Gasteiger partial charge in [-0.15, -0.1) is 0 Å². The number of aromatic nitrogens is 1. The lowest BCUT2D eigenvalue weighted by Gasteiger charge is -2.20. The van der Waals surface area contributed by atoms with Crippen molar-refractivity contribution in [2.45, 2.75) is 31.3 Å². The fourth-order valence-electron chi connectivity index (χ4n) is 2.26. The van der Waals surface area contributed by atoms with E-state index in [1.54, 1.807) is 32.4 Å². The van der Waals surface area contributed by atoms with Crippen molar-refractivity contribution in [1.82, 2.24) is 10.3 Å². The first-order valence-electron chi connectivity index (χ1n) is 7.68. The number of nitrogens with zero attached hydrogens (tertiary/aromatic N) is 2. The molecule has 132 valence electrons.